The first-order valence-electron chi connectivity index (χ1n) is 7.34. The molecule has 1 saturated heterocycles. The molecule has 0 saturated carbocycles. The van der Waals surface area contributed by atoms with Crippen LogP contribution in [0, 0.1) is 0 Å². The second-order valence-corrected chi connectivity index (χ2v) is 6.56. The molecular formula is C16H26N2O. The van der Waals surface area contributed by atoms with Gasteiger partial charge < -0.3 is 5.11 Å². The lowest BCUT2D eigenvalue weighted by molar-refractivity contribution is 0.0377. The van der Waals surface area contributed by atoms with Crippen LogP contribution in [0.1, 0.15) is 51.3 Å². The van der Waals surface area contributed by atoms with E-state index >= 15 is 0 Å². The maximum Gasteiger partial charge on any atom is 0.107 e. The molecule has 0 radical (unpaired) electrons. The topological polar surface area (TPSA) is 36.4 Å². The van der Waals surface area contributed by atoms with Crippen LogP contribution >= 0.6 is 0 Å². The molecular weight excluding hydrogens is 236 g/mol. The first-order chi connectivity index (χ1) is 8.97. The highest BCUT2D eigenvalue weighted by Crippen LogP contribution is 2.20. The lowest BCUT2D eigenvalue weighted by atomic mass is 9.91. The molecule has 3 heteroatoms. The quantitative estimate of drug-likeness (QED) is 0.906. The highest BCUT2D eigenvalue weighted by Gasteiger charge is 2.21. The third kappa shape index (κ3) is 4.02. The van der Waals surface area contributed by atoms with E-state index < -0.39 is 0 Å². The van der Waals surface area contributed by atoms with E-state index in [0.29, 0.717) is 0 Å². The van der Waals surface area contributed by atoms with Crippen molar-refractivity contribution in [1.82, 2.24) is 9.88 Å². The predicted molar refractivity (Wildman–Crippen MR) is 78.1 cm³/mol. The van der Waals surface area contributed by atoms with Crippen molar-refractivity contribution in [3.05, 3.63) is 29.6 Å². The third-order valence-electron chi connectivity index (χ3n) is 3.83. The molecule has 1 aliphatic heterocycles. The molecule has 2 rings (SSSR count). The minimum Gasteiger partial charge on any atom is -0.378 e. The fourth-order valence-corrected chi connectivity index (χ4v) is 2.57. The number of pyridine rings is 1. The molecule has 0 bridgehead atoms. The highest BCUT2D eigenvalue weighted by molar-refractivity contribution is 5.19. The van der Waals surface area contributed by atoms with E-state index in [0.717, 1.165) is 44.5 Å². The average molecular weight is 262 g/mol. The Morgan fingerprint density at radius 2 is 2.16 bits per heavy atom. The molecule has 106 valence electrons. The summed E-state index contributed by atoms with van der Waals surface area (Å²) in [6, 6.07) is 4.33. The number of rotatable bonds is 4. The summed E-state index contributed by atoms with van der Waals surface area (Å²) in [5.41, 5.74) is 2.56. The smallest absolute Gasteiger partial charge is 0.107 e. The van der Waals surface area contributed by atoms with E-state index in [4.69, 9.17) is 0 Å². The van der Waals surface area contributed by atoms with Crippen LogP contribution in [0.4, 0.5) is 0 Å². The minimum atomic E-state index is -0.207. The van der Waals surface area contributed by atoms with Gasteiger partial charge >= 0.3 is 0 Å². The van der Waals surface area contributed by atoms with Crippen molar-refractivity contribution >= 4 is 0 Å². The Labute approximate surface area is 116 Å². The van der Waals surface area contributed by atoms with Crippen molar-refractivity contribution in [3.63, 3.8) is 0 Å². The fourth-order valence-electron chi connectivity index (χ4n) is 2.57. The van der Waals surface area contributed by atoms with Gasteiger partial charge in [-0.3, -0.25) is 9.88 Å². The number of aromatic nitrogens is 1. The Morgan fingerprint density at radius 1 is 1.37 bits per heavy atom. The Morgan fingerprint density at radius 3 is 2.68 bits per heavy atom. The Hall–Kier alpha value is -0.930. The molecule has 1 aliphatic rings. The van der Waals surface area contributed by atoms with Crippen LogP contribution in [-0.2, 0) is 11.8 Å². The first kappa shape index (κ1) is 14.5. The van der Waals surface area contributed by atoms with Crippen LogP contribution in [0.2, 0.25) is 0 Å². The monoisotopic (exact) mass is 262 g/mol. The molecule has 1 atom stereocenters. The fraction of sp³-hybridized carbons (Fsp3) is 0.688. The van der Waals surface area contributed by atoms with Gasteiger partial charge in [-0.1, -0.05) is 26.8 Å². The van der Waals surface area contributed by atoms with Gasteiger partial charge in [-0.15, -0.1) is 0 Å². The van der Waals surface area contributed by atoms with Crippen LogP contribution in [0.5, 0.6) is 0 Å². The minimum absolute atomic E-state index is 0.123. The van der Waals surface area contributed by atoms with Crippen LogP contribution in [0.3, 0.4) is 0 Å². The van der Waals surface area contributed by atoms with Crippen LogP contribution in [0.25, 0.3) is 0 Å². The third-order valence-corrected chi connectivity index (χ3v) is 3.83. The average Bonchev–Trinajstić information content (AvgIpc) is 2.75. The Balaban J connectivity index is 1.80. The van der Waals surface area contributed by atoms with Gasteiger partial charge in [0.1, 0.15) is 6.23 Å². The van der Waals surface area contributed by atoms with Crippen LogP contribution < -0.4 is 0 Å². The zero-order valence-electron chi connectivity index (χ0n) is 12.4. The second kappa shape index (κ2) is 6.02. The van der Waals surface area contributed by atoms with Crippen molar-refractivity contribution in [2.45, 2.75) is 58.1 Å². The summed E-state index contributed by atoms with van der Waals surface area (Å²) in [4.78, 5) is 6.73. The molecule has 1 aromatic rings. The number of aliphatic hydroxyl groups excluding tert-OH is 1. The van der Waals surface area contributed by atoms with E-state index in [1.54, 1.807) is 0 Å². The maximum absolute atomic E-state index is 9.73. The Kier molecular flexibility index (Phi) is 4.58. The lowest BCUT2D eigenvalue weighted by Crippen LogP contribution is -2.30. The predicted octanol–water partition coefficient (Wildman–Crippen LogP) is 2.73. The number of hydrogen-bond donors (Lipinski definition) is 1. The molecule has 0 amide bonds. The van der Waals surface area contributed by atoms with Gasteiger partial charge in [0.25, 0.3) is 0 Å². The summed E-state index contributed by atoms with van der Waals surface area (Å²) in [5, 5.41) is 9.73. The molecule has 1 unspecified atom stereocenters. The largest absolute Gasteiger partial charge is 0.378 e. The summed E-state index contributed by atoms with van der Waals surface area (Å²) in [5.74, 6) is 0. The van der Waals surface area contributed by atoms with Gasteiger partial charge in [-0.25, -0.2) is 0 Å². The maximum atomic E-state index is 9.73. The summed E-state index contributed by atoms with van der Waals surface area (Å²) in [7, 11) is 0. The second-order valence-electron chi connectivity index (χ2n) is 6.56. The zero-order valence-corrected chi connectivity index (χ0v) is 12.4. The summed E-state index contributed by atoms with van der Waals surface area (Å²) < 4.78 is 0. The van der Waals surface area contributed by atoms with Gasteiger partial charge in [0.15, 0.2) is 0 Å². The number of nitrogens with zero attached hydrogens (tertiary/aromatic N) is 2. The summed E-state index contributed by atoms with van der Waals surface area (Å²) >= 11 is 0. The number of aryl methyl sites for hydroxylation is 1. The number of aliphatic hydroxyl groups is 1. The van der Waals surface area contributed by atoms with Crippen molar-refractivity contribution in [3.8, 4) is 0 Å². The number of likely N-dealkylation sites (tertiary alicyclic amines) is 1. The molecule has 1 fully saturated rings. The van der Waals surface area contributed by atoms with Gasteiger partial charge in [0, 0.05) is 30.4 Å². The SMILES string of the molecule is CC(C)(C)c1ccc(CCCN2CCCC2O)cn1. The normalized spacial score (nSPS) is 20.9. The van der Waals surface area contributed by atoms with E-state index in [-0.39, 0.29) is 11.6 Å². The van der Waals surface area contributed by atoms with Crippen molar-refractivity contribution in [2.24, 2.45) is 0 Å². The molecule has 1 N–H and O–H groups in total. The summed E-state index contributed by atoms with van der Waals surface area (Å²) in [6.45, 7) is 8.59. The molecule has 0 aromatic carbocycles. The van der Waals surface area contributed by atoms with E-state index in [9.17, 15) is 5.11 Å². The van der Waals surface area contributed by atoms with Crippen molar-refractivity contribution < 1.29 is 5.11 Å². The van der Waals surface area contributed by atoms with E-state index in [1.165, 1.54) is 5.56 Å². The Bertz CT molecular complexity index is 394. The van der Waals surface area contributed by atoms with E-state index in [1.807, 2.05) is 6.20 Å². The standard InChI is InChI=1S/C16H26N2O/c1-16(2,3)14-9-8-13(12-17-14)6-4-10-18-11-5-7-15(18)19/h8-9,12,15,19H,4-7,10-11H2,1-3H3. The van der Waals surface area contributed by atoms with E-state index in [2.05, 4.69) is 42.8 Å². The molecule has 1 aromatic heterocycles. The number of hydrogen-bond acceptors (Lipinski definition) is 3. The van der Waals surface area contributed by atoms with Crippen molar-refractivity contribution in [1.29, 1.82) is 0 Å². The lowest BCUT2D eigenvalue weighted by Gasteiger charge is -2.20. The highest BCUT2D eigenvalue weighted by atomic mass is 16.3. The zero-order chi connectivity index (χ0) is 13.9. The van der Waals surface area contributed by atoms with Crippen LogP contribution in [0.15, 0.2) is 18.3 Å². The molecule has 0 aliphatic carbocycles. The van der Waals surface area contributed by atoms with Gasteiger partial charge in [-0.05, 0) is 37.3 Å². The van der Waals surface area contributed by atoms with Gasteiger partial charge in [0.05, 0.1) is 0 Å². The molecule has 0 spiro atoms. The van der Waals surface area contributed by atoms with Gasteiger partial charge in [-0.2, -0.15) is 0 Å². The van der Waals surface area contributed by atoms with Crippen LogP contribution in [-0.4, -0.2) is 34.3 Å². The molecule has 19 heavy (non-hydrogen) atoms. The van der Waals surface area contributed by atoms with Crippen molar-refractivity contribution in [2.75, 3.05) is 13.1 Å². The summed E-state index contributed by atoms with van der Waals surface area (Å²) in [6.07, 6.45) is 5.99. The molecule has 3 nitrogen and oxygen atoms in total. The first-order valence-corrected chi connectivity index (χ1v) is 7.34. The molecule has 2 heterocycles. The van der Waals surface area contributed by atoms with Gasteiger partial charge in [0.2, 0.25) is 0 Å².